The lowest BCUT2D eigenvalue weighted by Crippen LogP contribution is -2.48. The molecule has 7 heteroatoms. The maximum Gasteiger partial charge on any atom is 0.255 e. The summed E-state index contributed by atoms with van der Waals surface area (Å²) in [4.78, 5) is 19.3. The van der Waals surface area contributed by atoms with Crippen molar-refractivity contribution < 1.29 is 14.3 Å². The van der Waals surface area contributed by atoms with E-state index >= 15 is 0 Å². The number of nitrogens with one attached hydrogen (secondary N) is 1. The highest BCUT2D eigenvalue weighted by Crippen LogP contribution is 2.50. The van der Waals surface area contributed by atoms with Gasteiger partial charge in [0, 0.05) is 43.7 Å². The lowest BCUT2D eigenvalue weighted by molar-refractivity contribution is -0.0392. The number of benzene rings is 1. The fourth-order valence-corrected chi connectivity index (χ4v) is 5.75. The third-order valence-electron chi connectivity index (χ3n) is 7.52. The Labute approximate surface area is 193 Å². The summed E-state index contributed by atoms with van der Waals surface area (Å²) in [6.07, 6.45) is 6.37. The summed E-state index contributed by atoms with van der Waals surface area (Å²) in [6.45, 7) is 3.87. The number of piperidine rings is 1. The van der Waals surface area contributed by atoms with E-state index in [2.05, 4.69) is 45.3 Å². The van der Waals surface area contributed by atoms with Crippen LogP contribution in [0.1, 0.15) is 41.0 Å². The molecule has 1 atom stereocenters. The Morgan fingerprint density at radius 3 is 2.82 bits per heavy atom. The molecule has 170 valence electrons. The molecule has 1 N–H and O–H groups in total. The molecule has 1 amide bonds. The average molecular weight is 445 g/mol. The number of carbonyl (C=O) groups is 1. The molecule has 3 aliphatic heterocycles. The van der Waals surface area contributed by atoms with Gasteiger partial charge in [0.15, 0.2) is 0 Å². The van der Waals surface area contributed by atoms with Crippen LogP contribution < -0.4 is 10.1 Å². The largest absolute Gasteiger partial charge is 0.497 e. The second-order valence-corrected chi connectivity index (χ2v) is 9.43. The molecule has 7 nitrogen and oxygen atoms in total. The van der Waals surface area contributed by atoms with E-state index in [0.29, 0.717) is 25.3 Å². The van der Waals surface area contributed by atoms with Gasteiger partial charge in [-0.15, -0.1) is 0 Å². The molecule has 0 saturated carbocycles. The number of methoxy groups -OCH3 is 1. The summed E-state index contributed by atoms with van der Waals surface area (Å²) in [5, 5.41) is 3.81. The van der Waals surface area contributed by atoms with E-state index in [4.69, 9.17) is 9.47 Å². The normalized spacial score (nSPS) is 22.7. The van der Waals surface area contributed by atoms with Crippen LogP contribution in [-0.4, -0.2) is 52.8 Å². The summed E-state index contributed by atoms with van der Waals surface area (Å²) in [5.41, 5.74) is 4.33. The number of anilines is 1. The Morgan fingerprint density at radius 1 is 1.18 bits per heavy atom. The molecule has 3 aromatic rings. The van der Waals surface area contributed by atoms with Gasteiger partial charge in [0.1, 0.15) is 11.3 Å². The van der Waals surface area contributed by atoms with Crippen molar-refractivity contribution in [3.05, 3.63) is 71.8 Å². The van der Waals surface area contributed by atoms with Crippen molar-refractivity contribution in [2.45, 2.75) is 37.3 Å². The number of hydrogen-bond acceptors (Lipinski definition) is 5. The van der Waals surface area contributed by atoms with Crippen LogP contribution >= 0.6 is 0 Å². The molecule has 0 radical (unpaired) electrons. The lowest BCUT2D eigenvalue weighted by Gasteiger charge is -2.41. The predicted octanol–water partition coefficient (Wildman–Crippen LogP) is 3.91. The molecule has 2 fully saturated rings. The van der Waals surface area contributed by atoms with E-state index in [1.165, 1.54) is 5.69 Å². The van der Waals surface area contributed by atoms with Gasteiger partial charge in [-0.25, -0.2) is 0 Å². The molecule has 0 aliphatic carbocycles. The van der Waals surface area contributed by atoms with Gasteiger partial charge in [0.25, 0.3) is 5.91 Å². The zero-order valence-electron chi connectivity index (χ0n) is 19.0. The van der Waals surface area contributed by atoms with Gasteiger partial charge in [-0.2, -0.15) is 0 Å². The van der Waals surface area contributed by atoms with Crippen molar-refractivity contribution in [3.63, 3.8) is 0 Å². The van der Waals surface area contributed by atoms with Crippen LogP contribution in [0.15, 0.2) is 54.9 Å². The Kier molecular flexibility index (Phi) is 4.52. The van der Waals surface area contributed by atoms with Crippen molar-refractivity contribution in [2.24, 2.45) is 0 Å². The molecule has 2 spiro atoms. The van der Waals surface area contributed by atoms with Crippen molar-refractivity contribution in [1.29, 1.82) is 0 Å². The highest BCUT2D eigenvalue weighted by atomic mass is 16.5. The summed E-state index contributed by atoms with van der Waals surface area (Å²) >= 11 is 0. The fraction of sp³-hybridized carbons (Fsp3) is 0.385. The molecule has 3 aliphatic rings. The molecular formula is C26H28N4O3. The molecule has 33 heavy (non-hydrogen) atoms. The second kappa shape index (κ2) is 7.35. The van der Waals surface area contributed by atoms with Crippen LogP contribution in [0.4, 0.5) is 5.69 Å². The first kappa shape index (κ1) is 20.3. The highest BCUT2D eigenvalue weighted by molar-refractivity contribution is 5.95. The second-order valence-electron chi connectivity index (χ2n) is 9.43. The minimum Gasteiger partial charge on any atom is -0.497 e. The smallest absolute Gasteiger partial charge is 0.255 e. The number of carbonyl (C=O) groups excluding carboxylic acids is 1. The summed E-state index contributed by atoms with van der Waals surface area (Å²) < 4.78 is 14.3. The Bertz CT molecular complexity index is 1230. The molecule has 1 unspecified atom stereocenters. The Balaban J connectivity index is 1.24. The van der Waals surface area contributed by atoms with E-state index < -0.39 is 0 Å². The number of ether oxygens (including phenoxy) is 2. The zero-order valence-corrected chi connectivity index (χ0v) is 19.0. The van der Waals surface area contributed by atoms with E-state index in [0.717, 1.165) is 42.1 Å². The van der Waals surface area contributed by atoms with Crippen molar-refractivity contribution in [1.82, 2.24) is 14.5 Å². The fourth-order valence-electron chi connectivity index (χ4n) is 5.75. The van der Waals surface area contributed by atoms with E-state index in [1.807, 2.05) is 30.0 Å². The number of aryl methyl sites for hydroxylation is 1. The van der Waals surface area contributed by atoms with Crippen LogP contribution in [-0.2, 0) is 10.3 Å². The first-order chi connectivity index (χ1) is 16.0. The molecule has 2 aromatic heterocycles. The average Bonchev–Trinajstić information content (AvgIpc) is 3.46. The third-order valence-corrected chi connectivity index (χ3v) is 7.52. The minimum absolute atomic E-state index is 0.0638. The van der Waals surface area contributed by atoms with Crippen molar-refractivity contribution in [3.8, 4) is 11.4 Å². The lowest BCUT2D eigenvalue weighted by atomic mass is 9.79. The first-order valence-corrected chi connectivity index (χ1v) is 11.5. The van der Waals surface area contributed by atoms with Crippen LogP contribution in [0.3, 0.4) is 0 Å². The van der Waals surface area contributed by atoms with Gasteiger partial charge in [-0.05, 0) is 56.2 Å². The van der Waals surface area contributed by atoms with Gasteiger partial charge in [-0.1, -0.05) is 0 Å². The maximum absolute atomic E-state index is 13.1. The molecule has 0 bridgehead atoms. The number of pyridine rings is 1. The Morgan fingerprint density at radius 2 is 2.03 bits per heavy atom. The van der Waals surface area contributed by atoms with Crippen LogP contribution in [0.5, 0.6) is 5.75 Å². The van der Waals surface area contributed by atoms with Gasteiger partial charge in [-0.3, -0.25) is 9.78 Å². The van der Waals surface area contributed by atoms with Gasteiger partial charge >= 0.3 is 0 Å². The maximum atomic E-state index is 13.1. The molecule has 2 saturated heterocycles. The van der Waals surface area contributed by atoms with E-state index in [-0.39, 0.29) is 17.0 Å². The monoisotopic (exact) mass is 444 g/mol. The first-order valence-electron chi connectivity index (χ1n) is 11.5. The van der Waals surface area contributed by atoms with Crippen LogP contribution in [0, 0.1) is 6.92 Å². The number of amides is 1. The molecule has 5 heterocycles. The summed E-state index contributed by atoms with van der Waals surface area (Å²) in [5.74, 6) is 0.895. The highest BCUT2D eigenvalue weighted by Gasteiger charge is 2.54. The molecular weight excluding hydrogens is 416 g/mol. The third kappa shape index (κ3) is 3.14. The predicted molar refractivity (Wildman–Crippen MR) is 125 cm³/mol. The van der Waals surface area contributed by atoms with Gasteiger partial charge in [0.05, 0.1) is 41.9 Å². The quantitative estimate of drug-likeness (QED) is 0.649. The number of hydrogen-bond donors (Lipinski definition) is 1. The number of likely N-dealkylation sites (tertiary alicyclic amines) is 1. The van der Waals surface area contributed by atoms with Crippen LogP contribution in [0.25, 0.3) is 5.69 Å². The summed E-state index contributed by atoms with van der Waals surface area (Å²) in [6, 6.07) is 14.1. The number of nitrogens with zero attached hydrogens (tertiary/aromatic N) is 3. The van der Waals surface area contributed by atoms with Gasteiger partial charge < -0.3 is 24.3 Å². The number of fused-ring (bicyclic) bond motifs is 4. The molecule has 1 aromatic carbocycles. The zero-order chi connectivity index (χ0) is 22.6. The van der Waals surface area contributed by atoms with Crippen molar-refractivity contribution >= 4 is 11.6 Å². The minimum atomic E-state index is -0.297. The summed E-state index contributed by atoms with van der Waals surface area (Å²) in [7, 11) is 1.69. The van der Waals surface area contributed by atoms with E-state index in [9.17, 15) is 4.79 Å². The van der Waals surface area contributed by atoms with Gasteiger partial charge in [0.2, 0.25) is 0 Å². The SMILES string of the molecule is COc1ccc2c(c1)NC1(COC3(CCN(C(=O)c4cccnc4C)CC3)C1)c1cccn1-2. The number of rotatable bonds is 2. The topological polar surface area (TPSA) is 68.6 Å². The number of aromatic nitrogens is 2. The Hall–Kier alpha value is -3.32. The van der Waals surface area contributed by atoms with Crippen LogP contribution in [0.2, 0.25) is 0 Å². The van der Waals surface area contributed by atoms with Crippen molar-refractivity contribution in [2.75, 3.05) is 32.1 Å². The molecule has 6 rings (SSSR count). The van der Waals surface area contributed by atoms with E-state index in [1.54, 1.807) is 13.3 Å². The standard InChI is InChI=1S/C26H28N4O3/c1-18-20(5-3-11-27-18)24(31)29-13-9-25(10-14-29)16-26(17-33-25)23-6-4-12-30(23)22-8-7-19(32-2)15-21(22)28-26/h3-8,11-12,15,28H,9-10,13-14,16-17H2,1-2H3.